The Labute approximate surface area is 132 Å². The van der Waals surface area contributed by atoms with Crippen LogP contribution in [0.1, 0.15) is 58.3 Å². The second-order valence-corrected chi connectivity index (χ2v) is 6.37. The highest BCUT2D eigenvalue weighted by atomic mass is 16.2. The smallest absolute Gasteiger partial charge is 0.242 e. The lowest BCUT2D eigenvalue weighted by Gasteiger charge is -2.26. The number of nitrogens with zero attached hydrogens (tertiary/aromatic N) is 1. The van der Waals surface area contributed by atoms with Crippen LogP contribution in [0.3, 0.4) is 0 Å². The van der Waals surface area contributed by atoms with Crippen LogP contribution in [0, 0.1) is 0 Å². The minimum Gasteiger partial charge on any atom is -0.352 e. The van der Waals surface area contributed by atoms with Crippen LogP contribution >= 0.6 is 0 Å². The molecule has 6 nitrogen and oxygen atoms in total. The van der Waals surface area contributed by atoms with E-state index in [2.05, 4.69) is 10.6 Å². The van der Waals surface area contributed by atoms with Crippen molar-refractivity contribution in [1.29, 1.82) is 0 Å². The third-order valence-corrected chi connectivity index (χ3v) is 4.50. The van der Waals surface area contributed by atoms with E-state index in [4.69, 9.17) is 0 Å². The van der Waals surface area contributed by atoms with Crippen LogP contribution in [0.2, 0.25) is 0 Å². The Morgan fingerprint density at radius 3 is 2.64 bits per heavy atom. The van der Waals surface area contributed by atoms with Crippen molar-refractivity contribution >= 4 is 17.7 Å². The standard InChI is InChI=1S/C16H27N3O3/c1-12(16(22)18-13-6-2-3-7-13)17-14(20)9-11-19-10-5-4-8-15(19)21/h12-13H,2-11H2,1H3,(H,17,20)(H,18,22)/t12-/m1/s1. The number of likely N-dealkylation sites (tertiary alicyclic amines) is 1. The van der Waals surface area contributed by atoms with Crippen molar-refractivity contribution in [2.75, 3.05) is 13.1 Å². The van der Waals surface area contributed by atoms with E-state index >= 15 is 0 Å². The molecule has 1 aliphatic carbocycles. The summed E-state index contributed by atoms with van der Waals surface area (Å²) in [7, 11) is 0. The van der Waals surface area contributed by atoms with Crippen molar-refractivity contribution in [3.63, 3.8) is 0 Å². The monoisotopic (exact) mass is 309 g/mol. The molecule has 2 rings (SSSR count). The zero-order valence-electron chi connectivity index (χ0n) is 13.4. The van der Waals surface area contributed by atoms with Gasteiger partial charge in [-0.3, -0.25) is 14.4 Å². The third kappa shape index (κ3) is 5.00. The van der Waals surface area contributed by atoms with Crippen LogP contribution in [0.5, 0.6) is 0 Å². The number of carbonyl (C=O) groups is 3. The molecule has 3 amide bonds. The topological polar surface area (TPSA) is 78.5 Å². The first-order valence-corrected chi connectivity index (χ1v) is 8.44. The fourth-order valence-electron chi connectivity index (χ4n) is 3.11. The Morgan fingerprint density at radius 2 is 1.95 bits per heavy atom. The molecule has 124 valence electrons. The molecule has 0 spiro atoms. The molecule has 2 fully saturated rings. The minimum absolute atomic E-state index is 0.116. The second kappa shape index (κ2) is 8.15. The Bertz CT molecular complexity index is 419. The Morgan fingerprint density at radius 1 is 1.23 bits per heavy atom. The number of nitrogens with one attached hydrogen (secondary N) is 2. The summed E-state index contributed by atoms with van der Waals surface area (Å²) >= 11 is 0. The molecule has 0 unspecified atom stereocenters. The first-order valence-electron chi connectivity index (χ1n) is 8.44. The van der Waals surface area contributed by atoms with E-state index < -0.39 is 6.04 Å². The van der Waals surface area contributed by atoms with Crippen LogP contribution in [0.25, 0.3) is 0 Å². The Balaban J connectivity index is 1.66. The lowest BCUT2D eigenvalue weighted by molar-refractivity contribution is -0.134. The molecule has 0 aromatic rings. The summed E-state index contributed by atoms with van der Waals surface area (Å²) in [6.07, 6.45) is 7.18. The SMILES string of the molecule is C[C@@H](NC(=O)CCN1CCCCC1=O)C(=O)NC1CCCC1. The van der Waals surface area contributed by atoms with Gasteiger partial charge in [0.2, 0.25) is 17.7 Å². The van der Waals surface area contributed by atoms with Gasteiger partial charge in [-0.1, -0.05) is 12.8 Å². The Hall–Kier alpha value is -1.59. The maximum absolute atomic E-state index is 12.0. The zero-order valence-corrected chi connectivity index (χ0v) is 13.4. The number of amides is 3. The average Bonchev–Trinajstić information content (AvgIpc) is 2.99. The molecule has 1 aliphatic heterocycles. The maximum Gasteiger partial charge on any atom is 0.242 e. The first-order chi connectivity index (χ1) is 10.6. The van der Waals surface area contributed by atoms with E-state index in [1.165, 1.54) is 0 Å². The minimum atomic E-state index is -0.523. The van der Waals surface area contributed by atoms with Crippen molar-refractivity contribution in [1.82, 2.24) is 15.5 Å². The van der Waals surface area contributed by atoms with E-state index in [0.29, 0.717) is 13.0 Å². The number of rotatable bonds is 6. The van der Waals surface area contributed by atoms with Crippen molar-refractivity contribution in [2.45, 2.75) is 70.4 Å². The fraction of sp³-hybridized carbons (Fsp3) is 0.812. The fourth-order valence-corrected chi connectivity index (χ4v) is 3.11. The van der Waals surface area contributed by atoms with Gasteiger partial charge in [-0.05, 0) is 32.6 Å². The first kappa shape index (κ1) is 16.8. The normalized spacial score (nSPS) is 20.8. The third-order valence-electron chi connectivity index (χ3n) is 4.50. The lowest BCUT2D eigenvalue weighted by Crippen LogP contribution is -2.48. The number of piperidine rings is 1. The molecular formula is C16H27N3O3. The largest absolute Gasteiger partial charge is 0.352 e. The van der Waals surface area contributed by atoms with Gasteiger partial charge in [0, 0.05) is 32.0 Å². The van der Waals surface area contributed by atoms with E-state index in [9.17, 15) is 14.4 Å². The predicted molar refractivity (Wildman–Crippen MR) is 83.1 cm³/mol. The van der Waals surface area contributed by atoms with Gasteiger partial charge < -0.3 is 15.5 Å². The van der Waals surface area contributed by atoms with Crippen LogP contribution in [0.15, 0.2) is 0 Å². The summed E-state index contributed by atoms with van der Waals surface area (Å²) < 4.78 is 0. The molecular weight excluding hydrogens is 282 g/mol. The second-order valence-electron chi connectivity index (χ2n) is 6.37. The molecule has 1 saturated heterocycles. The van der Waals surface area contributed by atoms with Gasteiger partial charge in [0.1, 0.15) is 6.04 Å². The molecule has 2 aliphatic rings. The summed E-state index contributed by atoms with van der Waals surface area (Å²) in [5, 5.41) is 5.70. The molecule has 0 aromatic heterocycles. The number of carbonyl (C=O) groups excluding carboxylic acids is 3. The number of hydrogen-bond acceptors (Lipinski definition) is 3. The van der Waals surface area contributed by atoms with Crippen molar-refractivity contribution in [3.8, 4) is 0 Å². The van der Waals surface area contributed by atoms with Gasteiger partial charge in [-0.25, -0.2) is 0 Å². The quantitative estimate of drug-likeness (QED) is 0.767. The van der Waals surface area contributed by atoms with E-state index in [-0.39, 0.29) is 30.2 Å². The van der Waals surface area contributed by atoms with Crippen molar-refractivity contribution in [2.24, 2.45) is 0 Å². The van der Waals surface area contributed by atoms with Crippen molar-refractivity contribution in [3.05, 3.63) is 0 Å². The highest BCUT2D eigenvalue weighted by molar-refractivity contribution is 5.87. The van der Waals surface area contributed by atoms with E-state index in [0.717, 1.165) is 45.1 Å². The summed E-state index contributed by atoms with van der Waals surface area (Å²) in [4.78, 5) is 37.3. The van der Waals surface area contributed by atoms with Crippen molar-refractivity contribution < 1.29 is 14.4 Å². The molecule has 0 aromatic carbocycles. The predicted octanol–water partition coefficient (Wildman–Crippen LogP) is 0.953. The maximum atomic E-state index is 12.0. The van der Waals surface area contributed by atoms with E-state index in [1.807, 2.05) is 0 Å². The summed E-state index contributed by atoms with van der Waals surface area (Å²) in [6.45, 7) is 2.89. The van der Waals surface area contributed by atoms with Gasteiger partial charge in [-0.15, -0.1) is 0 Å². The molecule has 1 saturated carbocycles. The molecule has 1 heterocycles. The summed E-state index contributed by atoms with van der Waals surface area (Å²) in [5.41, 5.74) is 0. The molecule has 0 radical (unpaired) electrons. The molecule has 6 heteroatoms. The zero-order chi connectivity index (χ0) is 15.9. The van der Waals surface area contributed by atoms with Crippen LogP contribution in [0.4, 0.5) is 0 Å². The van der Waals surface area contributed by atoms with Crippen LogP contribution < -0.4 is 10.6 Å². The molecule has 2 N–H and O–H groups in total. The summed E-state index contributed by atoms with van der Waals surface area (Å²) in [5.74, 6) is -0.159. The Kier molecular flexibility index (Phi) is 6.21. The van der Waals surface area contributed by atoms with Crippen LogP contribution in [-0.4, -0.2) is 47.8 Å². The number of hydrogen-bond donors (Lipinski definition) is 2. The van der Waals surface area contributed by atoms with Crippen LogP contribution in [-0.2, 0) is 14.4 Å². The highest BCUT2D eigenvalue weighted by Crippen LogP contribution is 2.17. The molecule has 22 heavy (non-hydrogen) atoms. The lowest BCUT2D eigenvalue weighted by atomic mass is 10.1. The molecule has 1 atom stereocenters. The van der Waals surface area contributed by atoms with Gasteiger partial charge in [0.15, 0.2) is 0 Å². The van der Waals surface area contributed by atoms with Gasteiger partial charge in [0.25, 0.3) is 0 Å². The average molecular weight is 309 g/mol. The van der Waals surface area contributed by atoms with Gasteiger partial charge in [0.05, 0.1) is 0 Å². The molecule has 0 bridgehead atoms. The van der Waals surface area contributed by atoms with E-state index in [1.54, 1.807) is 11.8 Å². The van der Waals surface area contributed by atoms with Gasteiger partial charge in [-0.2, -0.15) is 0 Å². The summed E-state index contributed by atoms with van der Waals surface area (Å²) in [6, 6.07) is -0.261. The van der Waals surface area contributed by atoms with Gasteiger partial charge >= 0.3 is 0 Å². The highest BCUT2D eigenvalue weighted by Gasteiger charge is 2.22.